The fourth-order valence-corrected chi connectivity index (χ4v) is 12.5. The number of carbonyl (C=O) groups excluding carboxylic acids is 2. The molecule has 3 heterocycles. The van der Waals surface area contributed by atoms with Gasteiger partial charge < -0.3 is 50.0 Å². The lowest BCUT2D eigenvalue weighted by Gasteiger charge is -2.64. The van der Waals surface area contributed by atoms with Crippen molar-refractivity contribution in [1.29, 1.82) is 0 Å². The lowest BCUT2D eigenvalue weighted by molar-refractivity contribution is -0.300. The van der Waals surface area contributed by atoms with Crippen LogP contribution in [0.4, 0.5) is 0 Å². The van der Waals surface area contributed by atoms with E-state index in [1.54, 1.807) is 13.8 Å². The molecular weight excluding hydrogens is 650 g/mol. The molecule has 0 amide bonds. The van der Waals surface area contributed by atoms with Crippen LogP contribution in [0.3, 0.4) is 0 Å². The summed E-state index contributed by atoms with van der Waals surface area (Å²) in [5.41, 5.74) is -7.89. The van der Waals surface area contributed by atoms with Crippen molar-refractivity contribution >= 4 is 11.9 Å². The molecule has 7 N–H and O–H groups in total. The van der Waals surface area contributed by atoms with Gasteiger partial charge in [0.05, 0.1) is 35.4 Å². The van der Waals surface area contributed by atoms with Crippen LogP contribution in [-0.4, -0.2) is 130 Å². The molecule has 0 radical (unpaired) electrons. The highest BCUT2D eigenvalue weighted by molar-refractivity contribution is 5.79. The first-order valence-corrected chi connectivity index (χ1v) is 18.9. The van der Waals surface area contributed by atoms with Crippen LogP contribution in [0.25, 0.3) is 0 Å². The summed E-state index contributed by atoms with van der Waals surface area (Å²) in [5, 5.41) is 83.5. The van der Waals surface area contributed by atoms with Gasteiger partial charge in [-0.2, -0.15) is 0 Å². The number of carbonyl (C=O) groups is 2. The summed E-state index contributed by atoms with van der Waals surface area (Å²) in [5.74, 6) is -7.78. The van der Waals surface area contributed by atoms with E-state index in [0.29, 0.717) is 25.3 Å². The van der Waals surface area contributed by atoms with Gasteiger partial charge in [-0.15, -0.1) is 0 Å². The Labute approximate surface area is 294 Å². The molecule has 4 aliphatic carbocycles. The smallest absolute Gasteiger partial charge is 0.341 e. The second kappa shape index (κ2) is 11.5. The average molecular weight is 710 g/mol. The minimum Gasteiger partial charge on any atom is -0.456 e. The number of nitrogens with zero attached hydrogens (tertiary/aromatic N) is 1. The molecule has 4 bridgehead atoms. The summed E-state index contributed by atoms with van der Waals surface area (Å²) in [4.78, 5) is 28.9. The van der Waals surface area contributed by atoms with Crippen molar-refractivity contribution in [3.05, 3.63) is 0 Å². The molecule has 3 saturated heterocycles. The Balaban J connectivity index is 1.34. The van der Waals surface area contributed by atoms with Crippen LogP contribution in [0, 0.1) is 46.8 Å². The van der Waals surface area contributed by atoms with Crippen LogP contribution in [0.15, 0.2) is 0 Å². The van der Waals surface area contributed by atoms with Gasteiger partial charge in [-0.3, -0.25) is 9.69 Å². The zero-order valence-corrected chi connectivity index (χ0v) is 30.5. The monoisotopic (exact) mass is 709 g/mol. The third kappa shape index (κ3) is 4.57. The van der Waals surface area contributed by atoms with Crippen molar-refractivity contribution in [1.82, 2.24) is 4.90 Å². The summed E-state index contributed by atoms with van der Waals surface area (Å²) >= 11 is 0. The minimum absolute atomic E-state index is 0.0328. The molecule has 284 valence electrons. The third-order valence-electron chi connectivity index (χ3n) is 15.5. The van der Waals surface area contributed by atoms with Gasteiger partial charge in [0.2, 0.25) is 5.79 Å². The number of esters is 2. The number of ether oxygens (including phenoxy) is 3. The number of aliphatic hydroxyl groups is 7. The minimum atomic E-state index is -2.25. The maximum atomic E-state index is 13.5. The van der Waals surface area contributed by atoms with Crippen LogP contribution in [0.2, 0.25) is 0 Å². The van der Waals surface area contributed by atoms with Gasteiger partial charge in [0.25, 0.3) is 0 Å². The first-order valence-electron chi connectivity index (χ1n) is 18.9. The Bertz CT molecular complexity index is 1390. The quantitative estimate of drug-likeness (QED) is 0.188. The standard InChI is InChI=1S/C37H59NO12/c1-8-18(3)30(42)49-29-27(41)26-20(16-38-15-17(2)9-10-24(38)34(26,7)45)21-14-35-28(36(21,29)46)22(40)13-23-32(35,5)12-11-25(37(23,47)50-35)48-31(43)33(6,44)19(4)39/h17-29,39-41,44-47H,8-16H2,1-7H3/t17-,18+,19+,20-,21+,22+,23-,24+,25+,26-,27-,28+,29-,32-,33+,34+,35+,36-,37-/m0/s1. The van der Waals surface area contributed by atoms with Gasteiger partial charge in [0, 0.05) is 42.3 Å². The number of hydrogen-bond donors (Lipinski definition) is 7. The molecule has 50 heavy (non-hydrogen) atoms. The summed E-state index contributed by atoms with van der Waals surface area (Å²) in [6, 6.07) is -0.238. The molecular formula is C37H59NO12. The second-order valence-electron chi connectivity index (χ2n) is 18.2. The van der Waals surface area contributed by atoms with E-state index in [-0.39, 0.29) is 25.3 Å². The Morgan fingerprint density at radius 3 is 2.38 bits per heavy atom. The van der Waals surface area contributed by atoms with Gasteiger partial charge in [-0.05, 0) is 83.5 Å². The van der Waals surface area contributed by atoms with Gasteiger partial charge in [0.15, 0.2) is 17.8 Å². The highest BCUT2D eigenvalue weighted by atomic mass is 16.7. The Morgan fingerprint density at radius 2 is 1.74 bits per heavy atom. The first kappa shape index (κ1) is 36.9. The molecule has 13 heteroatoms. The van der Waals surface area contributed by atoms with Crippen LogP contribution in [0.1, 0.15) is 93.4 Å². The van der Waals surface area contributed by atoms with E-state index < -0.39 is 112 Å². The van der Waals surface area contributed by atoms with Crippen LogP contribution < -0.4 is 0 Å². The summed E-state index contributed by atoms with van der Waals surface area (Å²) in [6.45, 7) is 13.1. The van der Waals surface area contributed by atoms with Crippen molar-refractivity contribution in [2.75, 3.05) is 13.1 Å². The van der Waals surface area contributed by atoms with Crippen LogP contribution in [-0.2, 0) is 23.8 Å². The van der Waals surface area contributed by atoms with Crippen molar-refractivity contribution in [3.63, 3.8) is 0 Å². The summed E-state index contributed by atoms with van der Waals surface area (Å²) < 4.78 is 18.7. The zero-order chi connectivity index (χ0) is 36.7. The molecule has 0 aromatic heterocycles. The number of hydrogen-bond acceptors (Lipinski definition) is 13. The molecule has 7 fully saturated rings. The molecule has 1 spiro atoms. The predicted octanol–water partition coefficient (Wildman–Crippen LogP) is 0.466. The first-order chi connectivity index (χ1) is 23.1. The van der Waals surface area contributed by atoms with E-state index in [1.165, 1.54) is 6.92 Å². The Hall–Kier alpha value is -1.42. The summed E-state index contributed by atoms with van der Waals surface area (Å²) in [7, 11) is 0. The Kier molecular flexibility index (Phi) is 8.52. The molecule has 13 nitrogen and oxygen atoms in total. The molecule has 19 atom stereocenters. The fraction of sp³-hybridized carbons (Fsp3) is 0.946. The van der Waals surface area contributed by atoms with Crippen molar-refractivity contribution in [2.24, 2.45) is 46.8 Å². The van der Waals surface area contributed by atoms with Gasteiger partial charge in [-0.1, -0.05) is 27.7 Å². The molecule has 4 saturated carbocycles. The van der Waals surface area contributed by atoms with Gasteiger partial charge in [0.1, 0.15) is 5.60 Å². The van der Waals surface area contributed by atoms with Crippen LogP contribution in [0.5, 0.6) is 0 Å². The Morgan fingerprint density at radius 1 is 1.06 bits per heavy atom. The topological polar surface area (TPSA) is 207 Å². The lowest BCUT2D eigenvalue weighted by atomic mass is 9.49. The lowest BCUT2D eigenvalue weighted by Crippen LogP contribution is -2.77. The van der Waals surface area contributed by atoms with E-state index in [2.05, 4.69) is 11.8 Å². The van der Waals surface area contributed by atoms with E-state index in [4.69, 9.17) is 14.2 Å². The maximum absolute atomic E-state index is 13.5. The van der Waals surface area contributed by atoms with Crippen molar-refractivity contribution in [3.8, 4) is 0 Å². The van der Waals surface area contributed by atoms with Gasteiger partial charge in [-0.25, -0.2) is 4.79 Å². The third-order valence-corrected chi connectivity index (χ3v) is 15.5. The van der Waals surface area contributed by atoms with Gasteiger partial charge >= 0.3 is 11.9 Å². The number of fused-ring (bicyclic) bond motifs is 5. The molecule has 0 aromatic carbocycles. The average Bonchev–Trinajstić information content (AvgIpc) is 3.31. The van der Waals surface area contributed by atoms with E-state index >= 15 is 0 Å². The molecule has 0 aromatic rings. The van der Waals surface area contributed by atoms with Crippen molar-refractivity contribution in [2.45, 2.75) is 158 Å². The second-order valence-corrected chi connectivity index (χ2v) is 18.2. The fourth-order valence-electron chi connectivity index (χ4n) is 12.5. The molecule has 7 rings (SSSR count). The molecule has 3 aliphatic heterocycles. The van der Waals surface area contributed by atoms with Crippen LogP contribution >= 0.6 is 0 Å². The van der Waals surface area contributed by atoms with E-state index in [0.717, 1.165) is 26.3 Å². The predicted molar refractivity (Wildman–Crippen MR) is 176 cm³/mol. The maximum Gasteiger partial charge on any atom is 0.341 e. The van der Waals surface area contributed by atoms with E-state index in [1.807, 2.05) is 13.8 Å². The molecule has 7 aliphatic rings. The highest BCUT2D eigenvalue weighted by Crippen LogP contribution is 2.77. The number of rotatable bonds is 6. The SMILES string of the molecule is CC[C@@H](C)C(=O)O[C@H]1[C@@H](O)[C@@H]2[C@@H](CN3C[C@@H](C)CC[C@@H]3[C@@]2(C)O)[C@H]2C[C@@]34O[C@@]5(O)[C@@H](C[C@@H](O)[C@H]3[C@@]21O)[C@]4(C)CC[C@H]5OC(=O)[C@](C)(O)[C@@H](C)O. The number of piperidine rings is 2. The van der Waals surface area contributed by atoms with E-state index in [9.17, 15) is 45.3 Å². The zero-order valence-electron chi connectivity index (χ0n) is 30.5. The number of aliphatic hydroxyl groups excluding tert-OH is 3. The van der Waals surface area contributed by atoms with Crippen molar-refractivity contribution < 1.29 is 59.5 Å². The largest absolute Gasteiger partial charge is 0.456 e. The highest BCUT2D eigenvalue weighted by Gasteiger charge is 2.87. The summed E-state index contributed by atoms with van der Waals surface area (Å²) in [6.07, 6.45) is -4.15. The molecule has 0 unspecified atom stereocenters. The normalized spacial score (nSPS) is 54.6.